The Morgan fingerprint density at radius 2 is 1.90 bits per heavy atom. The van der Waals surface area contributed by atoms with Crippen molar-refractivity contribution in [2.75, 3.05) is 24.8 Å². The van der Waals surface area contributed by atoms with Gasteiger partial charge in [0.25, 0.3) is 11.8 Å². The van der Waals surface area contributed by atoms with Crippen LogP contribution in [-0.2, 0) is 9.59 Å². The van der Waals surface area contributed by atoms with E-state index < -0.39 is 24.0 Å². The predicted molar refractivity (Wildman–Crippen MR) is 119 cm³/mol. The first kappa shape index (κ1) is 26.1. The number of carbonyl (C=O) groups excluding carboxylic acids is 3. The van der Waals surface area contributed by atoms with Crippen molar-refractivity contribution >= 4 is 41.1 Å². The van der Waals surface area contributed by atoms with Gasteiger partial charge in [-0.2, -0.15) is 0 Å². The predicted octanol–water partition coefficient (Wildman–Crippen LogP) is 1.46. The van der Waals surface area contributed by atoms with Crippen LogP contribution in [0.4, 0.5) is 0 Å². The van der Waals surface area contributed by atoms with E-state index >= 15 is 0 Å². The van der Waals surface area contributed by atoms with Crippen LogP contribution in [0.1, 0.15) is 36.7 Å². The minimum atomic E-state index is -1.54. The molecule has 1 unspecified atom stereocenters. The number of alkyl halides is 1. The summed E-state index contributed by atoms with van der Waals surface area (Å²) in [6.45, 7) is 7.06. The number of amides is 3. The number of nitrogens with zero attached hydrogens (tertiary/aromatic N) is 1. The number of phenolic OH excluding ortho intramolecular Hbond substituents is 1. The lowest BCUT2D eigenvalue weighted by molar-refractivity contribution is -0.143. The first-order valence-electron chi connectivity index (χ1n) is 9.59. The molecule has 3 amide bonds. The Morgan fingerprint density at radius 3 is 2.50 bits per heavy atom. The minimum Gasteiger partial charge on any atom is -0.508 e. The molecular weight excluding hydrogens is 430 g/mol. The van der Waals surface area contributed by atoms with Crippen LogP contribution in [0.25, 0.3) is 0 Å². The number of nitrogens with one attached hydrogen (secondary N) is 2. The zero-order valence-electron chi connectivity index (χ0n) is 17.6. The van der Waals surface area contributed by atoms with E-state index in [0.29, 0.717) is 5.56 Å². The second-order valence-corrected chi connectivity index (χ2v) is 8.99. The molecule has 0 spiro atoms. The molecule has 168 valence electrons. The monoisotopic (exact) mass is 459 g/mol. The number of aromatic hydroxyl groups is 1. The molecule has 0 fully saturated rings. The summed E-state index contributed by atoms with van der Waals surface area (Å²) >= 11 is 7.01. The third kappa shape index (κ3) is 8.04. The first-order chi connectivity index (χ1) is 14.1. The number of aliphatic hydroxyl groups excluding tert-OH is 1. The van der Waals surface area contributed by atoms with Crippen molar-refractivity contribution in [1.29, 1.82) is 0 Å². The summed E-state index contributed by atoms with van der Waals surface area (Å²) in [5.41, 5.74) is 0.642. The van der Waals surface area contributed by atoms with Gasteiger partial charge in [0.05, 0.1) is 11.9 Å². The van der Waals surface area contributed by atoms with E-state index in [1.807, 2.05) is 13.8 Å². The van der Waals surface area contributed by atoms with Crippen molar-refractivity contribution < 1.29 is 24.6 Å². The van der Waals surface area contributed by atoms with Crippen molar-refractivity contribution in [3.8, 4) is 5.75 Å². The molecule has 0 aliphatic heterocycles. The lowest BCUT2D eigenvalue weighted by atomic mass is 10.1. The van der Waals surface area contributed by atoms with Gasteiger partial charge in [0.2, 0.25) is 5.91 Å². The second-order valence-electron chi connectivity index (χ2n) is 7.08. The summed E-state index contributed by atoms with van der Waals surface area (Å²) in [4.78, 5) is 38.6. The summed E-state index contributed by atoms with van der Waals surface area (Å²) in [5.74, 6) is -1.12. The average molecular weight is 460 g/mol. The normalized spacial score (nSPS) is 12.9. The first-order valence-corrected chi connectivity index (χ1v) is 11.2. The third-order valence-corrected chi connectivity index (χ3v) is 5.58. The lowest BCUT2D eigenvalue weighted by Crippen LogP contribution is -2.52. The molecule has 0 aliphatic rings. The van der Waals surface area contributed by atoms with Crippen LogP contribution >= 0.6 is 23.4 Å². The molecule has 8 nitrogen and oxygen atoms in total. The van der Waals surface area contributed by atoms with Crippen molar-refractivity contribution in [2.24, 2.45) is 0 Å². The average Bonchev–Trinajstić information content (AvgIpc) is 2.69. The number of rotatable bonds is 11. The Hall–Kier alpha value is -1.97. The molecule has 0 heterocycles. The van der Waals surface area contributed by atoms with Gasteiger partial charge >= 0.3 is 0 Å². The molecule has 2 atom stereocenters. The van der Waals surface area contributed by atoms with Gasteiger partial charge < -0.3 is 25.7 Å². The summed E-state index contributed by atoms with van der Waals surface area (Å²) < 4.78 is 0. The molecular formula is C20H30ClN3O5S. The van der Waals surface area contributed by atoms with Crippen LogP contribution in [0.5, 0.6) is 5.75 Å². The van der Waals surface area contributed by atoms with Crippen molar-refractivity contribution in [2.45, 2.75) is 45.1 Å². The largest absolute Gasteiger partial charge is 0.508 e. The molecule has 30 heavy (non-hydrogen) atoms. The third-order valence-electron chi connectivity index (χ3n) is 4.26. The molecule has 0 saturated heterocycles. The van der Waals surface area contributed by atoms with Gasteiger partial charge in [0, 0.05) is 28.8 Å². The van der Waals surface area contributed by atoms with Crippen LogP contribution in [-0.4, -0.2) is 75.1 Å². The van der Waals surface area contributed by atoms with Crippen LogP contribution in [0.2, 0.25) is 0 Å². The van der Waals surface area contributed by atoms with Gasteiger partial charge in [-0.3, -0.25) is 14.4 Å². The Kier molecular flexibility index (Phi) is 11.0. The Balaban J connectivity index is 2.84. The molecule has 1 aromatic rings. The van der Waals surface area contributed by atoms with Gasteiger partial charge in [-0.25, -0.2) is 0 Å². The van der Waals surface area contributed by atoms with E-state index in [4.69, 9.17) is 11.6 Å². The maximum Gasteiger partial charge on any atom is 0.254 e. The smallest absolute Gasteiger partial charge is 0.254 e. The summed E-state index contributed by atoms with van der Waals surface area (Å²) in [6.07, 6.45) is -1.54. The SMILES string of the molecule is Cc1c(O)cccc1C(=O)N[C@@H](C)C(O)C(=O)N(CSC(C)C)CC(=O)NCCCl. The standard InChI is InChI=1S/C20H30ClN3O5S/c1-12(2)30-11-24(10-17(26)22-9-8-21)20(29)18(27)14(4)23-19(28)15-6-5-7-16(25)13(15)3/h5-7,12,14,18,25,27H,8-11H2,1-4H3,(H,22,26)(H,23,28)/t14-,18?/m0/s1. The summed E-state index contributed by atoms with van der Waals surface area (Å²) in [6, 6.07) is 3.63. The second kappa shape index (κ2) is 12.7. The van der Waals surface area contributed by atoms with Crippen molar-refractivity contribution in [1.82, 2.24) is 15.5 Å². The molecule has 0 radical (unpaired) electrons. The molecule has 0 saturated carbocycles. The van der Waals surface area contributed by atoms with Crippen molar-refractivity contribution in [3.63, 3.8) is 0 Å². The molecule has 10 heteroatoms. The number of phenols is 1. The molecule has 1 aromatic carbocycles. The minimum absolute atomic E-state index is 0.0215. The topological polar surface area (TPSA) is 119 Å². The van der Waals surface area contributed by atoms with Crippen molar-refractivity contribution in [3.05, 3.63) is 29.3 Å². The number of hydrogen-bond acceptors (Lipinski definition) is 6. The van der Waals surface area contributed by atoms with Crippen LogP contribution < -0.4 is 10.6 Å². The van der Waals surface area contributed by atoms with E-state index in [-0.39, 0.29) is 47.3 Å². The highest BCUT2D eigenvalue weighted by atomic mass is 35.5. The number of benzene rings is 1. The molecule has 1 rings (SSSR count). The maximum atomic E-state index is 12.8. The molecule has 0 aliphatic carbocycles. The van der Waals surface area contributed by atoms with Crippen LogP contribution in [0.3, 0.4) is 0 Å². The Morgan fingerprint density at radius 1 is 1.23 bits per heavy atom. The zero-order valence-corrected chi connectivity index (χ0v) is 19.2. The van der Waals surface area contributed by atoms with E-state index in [1.165, 1.54) is 41.8 Å². The highest BCUT2D eigenvalue weighted by Gasteiger charge is 2.30. The molecule has 4 N–H and O–H groups in total. The number of hydrogen-bond donors (Lipinski definition) is 4. The van der Waals surface area contributed by atoms with Crippen LogP contribution in [0, 0.1) is 6.92 Å². The molecule has 0 bridgehead atoms. The highest BCUT2D eigenvalue weighted by Crippen LogP contribution is 2.19. The van der Waals surface area contributed by atoms with E-state index in [1.54, 1.807) is 6.92 Å². The molecule has 0 aromatic heterocycles. The zero-order chi connectivity index (χ0) is 22.8. The van der Waals surface area contributed by atoms with Crippen LogP contribution in [0.15, 0.2) is 18.2 Å². The summed E-state index contributed by atoms with van der Waals surface area (Å²) in [7, 11) is 0. The Labute approximate surface area is 186 Å². The Bertz CT molecular complexity index is 747. The van der Waals surface area contributed by atoms with E-state index in [2.05, 4.69) is 10.6 Å². The number of aliphatic hydroxyl groups is 1. The quantitative estimate of drug-likeness (QED) is 0.294. The van der Waals surface area contributed by atoms with E-state index in [0.717, 1.165) is 0 Å². The fourth-order valence-corrected chi connectivity index (χ4v) is 3.27. The van der Waals surface area contributed by atoms with Gasteiger partial charge in [0.1, 0.15) is 12.3 Å². The fraction of sp³-hybridized carbons (Fsp3) is 0.550. The fourth-order valence-electron chi connectivity index (χ4n) is 2.48. The van der Waals surface area contributed by atoms with Gasteiger partial charge in [0.15, 0.2) is 6.10 Å². The lowest BCUT2D eigenvalue weighted by Gasteiger charge is -2.28. The van der Waals surface area contributed by atoms with Gasteiger partial charge in [-0.15, -0.1) is 23.4 Å². The van der Waals surface area contributed by atoms with Gasteiger partial charge in [-0.1, -0.05) is 19.9 Å². The van der Waals surface area contributed by atoms with Gasteiger partial charge in [-0.05, 0) is 26.0 Å². The maximum absolute atomic E-state index is 12.8. The van der Waals surface area contributed by atoms with E-state index in [9.17, 15) is 24.6 Å². The highest BCUT2D eigenvalue weighted by molar-refractivity contribution is 7.99. The number of carbonyl (C=O) groups is 3. The number of thioether (sulfide) groups is 1. The number of halogens is 1. The summed E-state index contributed by atoms with van der Waals surface area (Å²) in [5, 5.41) is 25.7.